The standard InChI is InChI=1S/C50H50N2O2/c1-7-33-29-35(9-3)47(36(10-4)30-33)51(39-21-15-13-16-22-39)43-27-28-44(46-45(43)49(53)41-25-19-20-26-42(41)50(46)54)52(40-23-17-14-18-24-40)48-37(11-5)31-34(8-2)32-38(48)12-6/h13-32H,7-12H2,1-6H3. The second kappa shape index (κ2) is 15.7. The second-order valence-electron chi connectivity index (χ2n) is 14.0. The van der Waals surface area contributed by atoms with Gasteiger partial charge in [-0.1, -0.05) is 126 Å². The Hall–Kier alpha value is -5.74. The van der Waals surface area contributed by atoms with Gasteiger partial charge in [0, 0.05) is 22.5 Å². The van der Waals surface area contributed by atoms with Crippen LogP contribution in [0.15, 0.2) is 121 Å². The number of ketones is 2. The topological polar surface area (TPSA) is 40.6 Å². The molecule has 0 saturated carbocycles. The molecule has 54 heavy (non-hydrogen) atoms. The zero-order valence-electron chi connectivity index (χ0n) is 32.5. The van der Waals surface area contributed by atoms with Crippen molar-refractivity contribution in [3.05, 3.63) is 177 Å². The van der Waals surface area contributed by atoms with Gasteiger partial charge in [0.05, 0.1) is 33.9 Å². The van der Waals surface area contributed by atoms with Crippen LogP contribution in [0.5, 0.6) is 0 Å². The molecular weight excluding hydrogens is 661 g/mol. The van der Waals surface area contributed by atoms with Gasteiger partial charge < -0.3 is 9.80 Å². The molecule has 0 aliphatic heterocycles. The minimum Gasteiger partial charge on any atom is -0.309 e. The Bertz CT molecular complexity index is 2130. The summed E-state index contributed by atoms with van der Waals surface area (Å²) in [5, 5.41) is 0. The van der Waals surface area contributed by atoms with E-state index in [9.17, 15) is 0 Å². The van der Waals surface area contributed by atoms with Gasteiger partial charge in [-0.2, -0.15) is 0 Å². The largest absolute Gasteiger partial charge is 0.309 e. The molecule has 0 aromatic heterocycles. The first-order valence-electron chi connectivity index (χ1n) is 19.7. The first-order valence-corrected chi connectivity index (χ1v) is 19.7. The van der Waals surface area contributed by atoms with Crippen LogP contribution in [-0.4, -0.2) is 11.6 Å². The molecule has 0 fully saturated rings. The Morgan fingerprint density at radius 2 is 0.704 bits per heavy atom. The maximum Gasteiger partial charge on any atom is 0.196 e. The molecule has 0 atom stereocenters. The molecule has 0 radical (unpaired) electrons. The molecule has 0 unspecified atom stereocenters. The lowest BCUT2D eigenvalue weighted by Gasteiger charge is -2.36. The summed E-state index contributed by atoms with van der Waals surface area (Å²) in [5.41, 5.74) is 14.7. The van der Waals surface area contributed by atoms with Crippen molar-refractivity contribution >= 4 is 45.7 Å². The molecule has 272 valence electrons. The molecule has 1 aliphatic rings. The molecule has 1 aliphatic carbocycles. The highest BCUT2D eigenvalue weighted by atomic mass is 16.1. The molecule has 4 heteroatoms. The third-order valence-corrected chi connectivity index (χ3v) is 11.0. The van der Waals surface area contributed by atoms with Crippen LogP contribution in [-0.2, 0) is 38.5 Å². The molecule has 7 rings (SSSR count). The minimum absolute atomic E-state index is 0.139. The van der Waals surface area contributed by atoms with E-state index in [0.29, 0.717) is 33.6 Å². The van der Waals surface area contributed by atoms with Crippen molar-refractivity contribution in [1.29, 1.82) is 0 Å². The number of hydrogen-bond acceptors (Lipinski definition) is 4. The number of nitrogens with zero attached hydrogens (tertiary/aromatic N) is 2. The van der Waals surface area contributed by atoms with Crippen LogP contribution in [0, 0.1) is 0 Å². The molecular formula is C50H50N2O2. The van der Waals surface area contributed by atoms with Crippen molar-refractivity contribution in [2.24, 2.45) is 0 Å². The smallest absolute Gasteiger partial charge is 0.196 e. The minimum atomic E-state index is -0.139. The van der Waals surface area contributed by atoms with Gasteiger partial charge in [0.2, 0.25) is 0 Å². The number of hydrogen-bond donors (Lipinski definition) is 0. The summed E-state index contributed by atoms with van der Waals surface area (Å²) in [6, 6.07) is 41.3. The van der Waals surface area contributed by atoms with Gasteiger partial charge in [-0.05, 0) is 108 Å². The lowest BCUT2D eigenvalue weighted by Crippen LogP contribution is -2.28. The Morgan fingerprint density at radius 3 is 1.00 bits per heavy atom. The zero-order valence-corrected chi connectivity index (χ0v) is 32.5. The van der Waals surface area contributed by atoms with E-state index in [2.05, 4.69) is 112 Å². The maximum absolute atomic E-state index is 15.2. The Morgan fingerprint density at radius 1 is 0.389 bits per heavy atom. The van der Waals surface area contributed by atoms with Crippen molar-refractivity contribution in [2.75, 3.05) is 9.80 Å². The van der Waals surface area contributed by atoms with E-state index in [1.165, 1.54) is 33.4 Å². The lowest BCUT2D eigenvalue weighted by molar-refractivity contribution is 0.0980. The molecule has 4 nitrogen and oxygen atoms in total. The van der Waals surface area contributed by atoms with Crippen LogP contribution >= 0.6 is 0 Å². The number of carbonyl (C=O) groups is 2. The SMILES string of the molecule is CCc1cc(CC)c(N(c2ccccc2)c2ccc(N(c3ccccc3)c3c(CC)cc(CC)cc3CC)c3c2C(=O)c2ccccc2C3=O)c(CC)c1. The Labute approximate surface area is 321 Å². The highest BCUT2D eigenvalue weighted by molar-refractivity contribution is 6.32. The van der Waals surface area contributed by atoms with Crippen LogP contribution in [0.3, 0.4) is 0 Å². The summed E-state index contributed by atoms with van der Waals surface area (Å²) < 4.78 is 0. The third-order valence-electron chi connectivity index (χ3n) is 11.0. The molecule has 0 heterocycles. The van der Waals surface area contributed by atoms with Crippen LogP contribution in [0.4, 0.5) is 34.1 Å². The van der Waals surface area contributed by atoms with E-state index in [4.69, 9.17) is 0 Å². The quantitative estimate of drug-likeness (QED) is 0.127. The predicted molar refractivity (Wildman–Crippen MR) is 225 cm³/mol. The van der Waals surface area contributed by atoms with E-state index in [1.54, 1.807) is 12.1 Å². The van der Waals surface area contributed by atoms with Gasteiger partial charge in [0.25, 0.3) is 0 Å². The van der Waals surface area contributed by atoms with E-state index < -0.39 is 0 Å². The molecule has 0 spiro atoms. The highest BCUT2D eigenvalue weighted by Gasteiger charge is 2.38. The summed E-state index contributed by atoms with van der Waals surface area (Å²) in [7, 11) is 0. The highest BCUT2D eigenvalue weighted by Crippen LogP contribution is 2.50. The van der Waals surface area contributed by atoms with E-state index in [0.717, 1.165) is 61.3 Å². The van der Waals surface area contributed by atoms with Gasteiger partial charge in [-0.15, -0.1) is 0 Å². The molecule has 6 aromatic rings. The average Bonchev–Trinajstić information content (AvgIpc) is 3.23. The Balaban J connectivity index is 1.62. The fourth-order valence-electron chi connectivity index (χ4n) is 8.22. The summed E-state index contributed by atoms with van der Waals surface area (Å²) in [6.07, 6.45) is 5.17. The van der Waals surface area contributed by atoms with E-state index in [-0.39, 0.29) is 11.6 Å². The first kappa shape index (κ1) is 36.6. The summed E-state index contributed by atoms with van der Waals surface area (Å²) >= 11 is 0. The normalized spacial score (nSPS) is 12.0. The van der Waals surface area contributed by atoms with E-state index in [1.807, 2.05) is 48.5 Å². The number of rotatable bonds is 12. The summed E-state index contributed by atoms with van der Waals surface area (Å²) in [4.78, 5) is 35.0. The van der Waals surface area contributed by atoms with Gasteiger partial charge in [-0.25, -0.2) is 0 Å². The second-order valence-corrected chi connectivity index (χ2v) is 14.0. The van der Waals surface area contributed by atoms with Gasteiger partial charge in [0.1, 0.15) is 0 Å². The number of benzene rings is 6. The van der Waals surface area contributed by atoms with E-state index >= 15 is 9.59 Å². The van der Waals surface area contributed by atoms with Crippen LogP contribution in [0.25, 0.3) is 0 Å². The monoisotopic (exact) mass is 710 g/mol. The number of carbonyl (C=O) groups excluding carboxylic acids is 2. The number of anilines is 6. The van der Waals surface area contributed by atoms with Crippen molar-refractivity contribution in [1.82, 2.24) is 0 Å². The fourth-order valence-corrected chi connectivity index (χ4v) is 8.22. The fraction of sp³-hybridized carbons (Fsp3) is 0.240. The van der Waals surface area contributed by atoms with Crippen molar-refractivity contribution in [2.45, 2.75) is 80.1 Å². The lowest BCUT2D eigenvalue weighted by atomic mass is 9.81. The molecule has 0 amide bonds. The van der Waals surface area contributed by atoms with Crippen LogP contribution in [0.1, 0.15) is 107 Å². The van der Waals surface area contributed by atoms with Crippen LogP contribution in [0.2, 0.25) is 0 Å². The Kier molecular flexibility index (Phi) is 10.6. The average molecular weight is 711 g/mol. The molecule has 0 N–H and O–H groups in total. The summed E-state index contributed by atoms with van der Waals surface area (Å²) in [5.74, 6) is -0.278. The molecule has 6 aromatic carbocycles. The first-order chi connectivity index (χ1) is 26.4. The third kappa shape index (κ3) is 6.34. The summed E-state index contributed by atoms with van der Waals surface area (Å²) in [6.45, 7) is 13.2. The van der Waals surface area contributed by atoms with Crippen molar-refractivity contribution in [3.8, 4) is 0 Å². The van der Waals surface area contributed by atoms with Crippen molar-refractivity contribution < 1.29 is 9.59 Å². The van der Waals surface area contributed by atoms with Crippen LogP contribution < -0.4 is 9.80 Å². The number of fused-ring (bicyclic) bond motifs is 2. The number of para-hydroxylation sites is 2. The van der Waals surface area contributed by atoms with Gasteiger partial charge >= 0.3 is 0 Å². The van der Waals surface area contributed by atoms with Crippen molar-refractivity contribution in [3.63, 3.8) is 0 Å². The molecule has 0 saturated heterocycles. The number of aryl methyl sites for hydroxylation is 6. The van der Waals surface area contributed by atoms with Gasteiger partial charge in [0.15, 0.2) is 11.6 Å². The van der Waals surface area contributed by atoms with Gasteiger partial charge in [-0.3, -0.25) is 9.59 Å². The predicted octanol–water partition coefficient (Wildman–Crippen LogP) is 12.8. The zero-order chi connectivity index (χ0) is 37.9. The maximum atomic E-state index is 15.2. The molecule has 0 bridgehead atoms.